The Morgan fingerprint density at radius 1 is 1.17 bits per heavy atom. The molecule has 1 amide bonds. The van der Waals surface area contributed by atoms with E-state index in [1.165, 1.54) is 6.07 Å². The highest BCUT2D eigenvalue weighted by Crippen LogP contribution is 2.35. The number of thiazole rings is 1. The largest absolute Gasteiger partial charge is 0.426 e. The van der Waals surface area contributed by atoms with Crippen LogP contribution in [0.3, 0.4) is 0 Å². The molecule has 160 valence electrons. The molecule has 30 heavy (non-hydrogen) atoms. The maximum atomic E-state index is 12.8. The van der Waals surface area contributed by atoms with E-state index in [2.05, 4.69) is 4.98 Å². The van der Waals surface area contributed by atoms with Crippen molar-refractivity contribution in [2.45, 2.75) is 27.9 Å². The van der Waals surface area contributed by atoms with Gasteiger partial charge in [0.15, 0.2) is 0 Å². The molecule has 3 rings (SSSR count). The first kappa shape index (κ1) is 22.8. The summed E-state index contributed by atoms with van der Waals surface area (Å²) in [7, 11) is -4.10. The van der Waals surface area contributed by atoms with Crippen LogP contribution in [0.4, 0.5) is 18.9 Å². The molecular weight excluding hydrogens is 488 g/mol. The highest BCUT2D eigenvalue weighted by molar-refractivity contribution is 7.93. The Morgan fingerprint density at radius 2 is 1.83 bits per heavy atom. The number of aliphatic hydroxyl groups is 1. The zero-order valence-corrected chi connectivity index (χ0v) is 17.9. The minimum absolute atomic E-state index is 0.229. The summed E-state index contributed by atoms with van der Waals surface area (Å²) in [5, 5.41) is 11.3. The Kier molecular flexibility index (Phi) is 5.80. The van der Waals surface area contributed by atoms with Crippen molar-refractivity contribution in [2.75, 3.05) is 5.32 Å². The second-order valence-corrected chi connectivity index (χ2v) is 10.3. The molecule has 1 unspecified atom stereocenters. The number of alkyl halides is 3. The number of rotatable bonds is 4. The third kappa shape index (κ3) is 4.12. The number of halogens is 5. The molecule has 0 saturated carbocycles. The molecular formula is C17H11Cl2F3N2O4S2. The van der Waals surface area contributed by atoms with E-state index in [9.17, 15) is 31.5 Å². The smallest absolute Gasteiger partial charge is 0.373 e. The van der Waals surface area contributed by atoms with Crippen LogP contribution in [0.1, 0.15) is 6.92 Å². The minimum atomic E-state index is -5.22. The van der Waals surface area contributed by atoms with E-state index in [1.807, 2.05) is 5.32 Å². The first-order valence-electron chi connectivity index (χ1n) is 7.95. The number of sulfone groups is 1. The number of carbonyl (C=O) groups is 1. The Labute approximate surface area is 182 Å². The molecule has 1 heterocycles. The minimum Gasteiger partial charge on any atom is -0.373 e. The predicted molar refractivity (Wildman–Crippen MR) is 107 cm³/mol. The van der Waals surface area contributed by atoms with E-state index in [1.54, 1.807) is 12.1 Å². The van der Waals surface area contributed by atoms with Gasteiger partial charge in [-0.25, -0.2) is 13.4 Å². The lowest BCUT2D eigenvalue weighted by molar-refractivity contribution is -0.242. The Bertz CT molecular complexity index is 1260. The van der Waals surface area contributed by atoms with Crippen molar-refractivity contribution in [1.29, 1.82) is 0 Å². The third-order valence-corrected chi connectivity index (χ3v) is 7.77. The highest BCUT2D eigenvalue weighted by Gasteiger charge is 2.55. The number of carbonyl (C=O) groups excluding carboxylic acids is 1. The molecule has 1 atom stereocenters. The van der Waals surface area contributed by atoms with Crippen LogP contribution in [0.15, 0.2) is 45.6 Å². The fourth-order valence-electron chi connectivity index (χ4n) is 2.23. The van der Waals surface area contributed by atoms with Crippen LogP contribution in [0.2, 0.25) is 10.0 Å². The standard InChI is InChI=1S/C17H11Cl2F3N2O4S2/c1-16(26,17(20,21)22)14(25)23-11-4-3-9(7-10(11)19)30(27,28)15-24-12-6-8(18)2-5-13(12)29-15/h2-7,26H,1H3,(H,23,25). The van der Waals surface area contributed by atoms with Crippen molar-refractivity contribution in [1.82, 2.24) is 4.98 Å². The maximum absolute atomic E-state index is 12.8. The molecule has 13 heteroatoms. The van der Waals surface area contributed by atoms with Gasteiger partial charge in [0.1, 0.15) is 0 Å². The van der Waals surface area contributed by atoms with Crippen LogP contribution in [-0.2, 0) is 14.6 Å². The number of hydrogen-bond acceptors (Lipinski definition) is 6. The van der Waals surface area contributed by atoms with Gasteiger partial charge in [0, 0.05) is 5.02 Å². The van der Waals surface area contributed by atoms with Crippen LogP contribution >= 0.6 is 34.5 Å². The Hall–Kier alpha value is -1.92. The molecule has 0 radical (unpaired) electrons. The van der Waals surface area contributed by atoms with Gasteiger partial charge < -0.3 is 10.4 Å². The van der Waals surface area contributed by atoms with Crippen LogP contribution in [-0.4, -0.2) is 36.2 Å². The lowest BCUT2D eigenvalue weighted by atomic mass is 10.1. The Balaban J connectivity index is 1.93. The maximum Gasteiger partial charge on any atom is 0.426 e. The molecule has 0 aliphatic heterocycles. The molecule has 0 aliphatic rings. The van der Waals surface area contributed by atoms with Gasteiger partial charge in [0.25, 0.3) is 5.91 Å². The van der Waals surface area contributed by atoms with Crippen LogP contribution in [0.25, 0.3) is 10.2 Å². The monoisotopic (exact) mass is 498 g/mol. The lowest BCUT2D eigenvalue weighted by Gasteiger charge is -2.25. The molecule has 1 aromatic heterocycles. The van der Waals surface area contributed by atoms with E-state index in [0.29, 0.717) is 15.2 Å². The van der Waals surface area contributed by atoms with Crippen molar-refractivity contribution in [3.63, 3.8) is 0 Å². The summed E-state index contributed by atoms with van der Waals surface area (Å²) in [4.78, 5) is 15.6. The molecule has 0 spiro atoms. The zero-order valence-electron chi connectivity index (χ0n) is 14.8. The second-order valence-electron chi connectivity index (χ2n) is 6.26. The van der Waals surface area contributed by atoms with Gasteiger partial charge in [-0.15, -0.1) is 11.3 Å². The predicted octanol–water partition coefficient (Wildman–Crippen LogP) is 4.69. The van der Waals surface area contributed by atoms with Crippen molar-refractivity contribution in [3.05, 3.63) is 46.4 Å². The molecule has 0 aliphatic carbocycles. The van der Waals surface area contributed by atoms with Gasteiger partial charge in [-0.1, -0.05) is 23.2 Å². The summed E-state index contributed by atoms with van der Waals surface area (Å²) in [6.45, 7) is 0.286. The highest BCUT2D eigenvalue weighted by atomic mass is 35.5. The number of benzene rings is 2. The third-order valence-electron chi connectivity index (χ3n) is 4.05. The van der Waals surface area contributed by atoms with E-state index < -0.39 is 27.5 Å². The van der Waals surface area contributed by atoms with E-state index >= 15 is 0 Å². The van der Waals surface area contributed by atoms with Crippen molar-refractivity contribution >= 4 is 66.2 Å². The number of aromatic nitrogens is 1. The summed E-state index contributed by atoms with van der Waals surface area (Å²) >= 11 is 12.7. The van der Waals surface area contributed by atoms with Gasteiger partial charge in [-0.3, -0.25) is 4.79 Å². The summed E-state index contributed by atoms with van der Waals surface area (Å²) in [6.07, 6.45) is -5.22. The van der Waals surface area contributed by atoms with Crippen molar-refractivity contribution < 1.29 is 31.5 Å². The molecule has 0 bridgehead atoms. The molecule has 2 N–H and O–H groups in total. The summed E-state index contributed by atoms with van der Waals surface area (Å²) in [5.41, 5.74) is -3.58. The molecule has 0 saturated heterocycles. The molecule has 3 aromatic rings. The number of fused-ring (bicyclic) bond motifs is 1. The average Bonchev–Trinajstić information content (AvgIpc) is 3.06. The van der Waals surface area contributed by atoms with Gasteiger partial charge in [0.2, 0.25) is 19.8 Å². The van der Waals surface area contributed by atoms with Gasteiger partial charge >= 0.3 is 6.18 Å². The first-order chi connectivity index (χ1) is 13.7. The topological polar surface area (TPSA) is 96.4 Å². The lowest BCUT2D eigenvalue weighted by Crippen LogP contribution is -2.52. The fraction of sp³-hybridized carbons (Fsp3) is 0.176. The second kappa shape index (κ2) is 7.65. The van der Waals surface area contributed by atoms with Gasteiger partial charge in [-0.2, -0.15) is 13.2 Å². The molecule has 2 aromatic carbocycles. The summed E-state index contributed by atoms with van der Waals surface area (Å²) < 4.78 is 64.4. The van der Waals surface area contributed by atoms with Crippen LogP contribution < -0.4 is 5.32 Å². The van der Waals surface area contributed by atoms with Crippen molar-refractivity contribution in [2.24, 2.45) is 0 Å². The number of nitrogens with one attached hydrogen (secondary N) is 1. The van der Waals surface area contributed by atoms with Gasteiger partial charge in [-0.05, 0) is 43.3 Å². The molecule has 0 fully saturated rings. The van der Waals surface area contributed by atoms with Crippen LogP contribution in [0.5, 0.6) is 0 Å². The number of hydrogen-bond donors (Lipinski definition) is 2. The van der Waals surface area contributed by atoms with Crippen LogP contribution in [0, 0.1) is 0 Å². The van der Waals surface area contributed by atoms with E-state index in [0.717, 1.165) is 29.5 Å². The van der Waals surface area contributed by atoms with E-state index in [4.69, 9.17) is 23.2 Å². The Morgan fingerprint density at radius 3 is 2.43 bits per heavy atom. The van der Waals surface area contributed by atoms with E-state index in [-0.39, 0.29) is 26.9 Å². The summed E-state index contributed by atoms with van der Waals surface area (Å²) in [5.74, 6) is -1.77. The normalized spacial score (nSPS) is 14.5. The number of amides is 1. The molecule has 6 nitrogen and oxygen atoms in total. The average molecular weight is 499 g/mol. The summed E-state index contributed by atoms with van der Waals surface area (Å²) in [6, 6.07) is 7.75. The first-order valence-corrected chi connectivity index (χ1v) is 11.0. The quantitative estimate of drug-likeness (QED) is 0.543. The van der Waals surface area contributed by atoms with Crippen molar-refractivity contribution in [3.8, 4) is 0 Å². The number of anilines is 1. The van der Waals surface area contributed by atoms with Gasteiger partial charge in [0.05, 0.1) is 25.8 Å². The SMILES string of the molecule is CC(O)(C(=O)Nc1ccc(S(=O)(=O)c2nc3cc(Cl)ccc3s2)cc1Cl)C(F)(F)F. The number of nitrogens with zero attached hydrogens (tertiary/aromatic N) is 1. The fourth-order valence-corrected chi connectivity index (χ4v) is 5.31. The zero-order chi connectivity index (χ0) is 22.5.